The summed E-state index contributed by atoms with van der Waals surface area (Å²) in [4.78, 5) is 4.17. The van der Waals surface area contributed by atoms with Crippen LogP contribution in [-0.2, 0) is 0 Å². The number of aromatic nitrogens is 2. The van der Waals surface area contributed by atoms with Crippen molar-refractivity contribution in [2.45, 2.75) is 19.9 Å². The van der Waals surface area contributed by atoms with Crippen molar-refractivity contribution in [3.63, 3.8) is 0 Å². The number of rotatable bonds is 3. The zero-order chi connectivity index (χ0) is 12.4. The van der Waals surface area contributed by atoms with Crippen LogP contribution in [0, 0.1) is 5.92 Å². The minimum absolute atomic E-state index is 0.0474. The molecule has 1 aromatic carbocycles. The molecule has 2 N–H and O–H groups in total. The molecule has 0 radical (unpaired) electrons. The van der Waals surface area contributed by atoms with Gasteiger partial charge in [0.25, 0.3) is 0 Å². The summed E-state index contributed by atoms with van der Waals surface area (Å²) in [5.74, 6) is 0.355. The van der Waals surface area contributed by atoms with Gasteiger partial charge in [0.1, 0.15) is 0 Å². The Morgan fingerprint density at radius 1 is 1.29 bits per heavy atom. The molecule has 0 saturated carbocycles. The molecule has 2 rings (SSSR count). The predicted molar refractivity (Wildman–Crippen MR) is 70.3 cm³/mol. The van der Waals surface area contributed by atoms with Crippen LogP contribution in [0.25, 0.3) is 5.69 Å². The normalized spacial score (nSPS) is 13.0. The maximum atomic E-state index is 6.18. The molecular formula is C13H16ClN3. The van der Waals surface area contributed by atoms with Crippen LogP contribution in [-0.4, -0.2) is 9.55 Å². The van der Waals surface area contributed by atoms with Crippen molar-refractivity contribution in [2.24, 2.45) is 11.7 Å². The molecule has 3 nitrogen and oxygen atoms in total. The molecular weight excluding hydrogens is 234 g/mol. The van der Waals surface area contributed by atoms with Crippen LogP contribution < -0.4 is 5.73 Å². The number of hydrogen-bond acceptors (Lipinski definition) is 2. The highest BCUT2D eigenvalue weighted by molar-refractivity contribution is 6.32. The van der Waals surface area contributed by atoms with E-state index in [1.54, 1.807) is 12.5 Å². The van der Waals surface area contributed by atoms with E-state index in [-0.39, 0.29) is 6.04 Å². The number of para-hydroxylation sites is 1. The minimum Gasteiger partial charge on any atom is -0.322 e. The van der Waals surface area contributed by atoms with Gasteiger partial charge in [0.2, 0.25) is 0 Å². The van der Waals surface area contributed by atoms with Gasteiger partial charge in [0.15, 0.2) is 0 Å². The average Bonchev–Trinajstić information content (AvgIpc) is 2.77. The Hall–Kier alpha value is -1.32. The minimum atomic E-state index is -0.0474. The van der Waals surface area contributed by atoms with Crippen LogP contribution >= 0.6 is 11.6 Å². The summed E-state index contributed by atoms with van der Waals surface area (Å²) in [5, 5.41) is 0.697. The first-order chi connectivity index (χ1) is 8.11. The number of hydrogen-bond donors (Lipinski definition) is 1. The van der Waals surface area contributed by atoms with Crippen LogP contribution in [0.15, 0.2) is 36.8 Å². The zero-order valence-electron chi connectivity index (χ0n) is 9.97. The fraction of sp³-hybridized carbons (Fsp3) is 0.308. The molecule has 1 unspecified atom stereocenters. The lowest BCUT2D eigenvalue weighted by Crippen LogP contribution is -2.19. The molecule has 0 aliphatic rings. The van der Waals surface area contributed by atoms with Crippen molar-refractivity contribution in [2.75, 3.05) is 0 Å². The van der Waals surface area contributed by atoms with E-state index in [9.17, 15) is 0 Å². The van der Waals surface area contributed by atoms with Crippen molar-refractivity contribution < 1.29 is 0 Å². The molecule has 0 fully saturated rings. The Labute approximate surface area is 106 Å². The third kappa shape index (κ3) is 2.35. The van der Waals surface area contributed by atoms with E-state index in [1.807, 2.05) is 28.8 Å². The summed E-state index contributed by atoms with van der Waals surface area (Å²) in [6.45, 7) is 4.18. The highest BCUT2D eigenvalue weighted by atomic mass is 35.5. The van der Waals surface area contributed by atoms with Crippen molar-refractivity contribution in [1.82, 2.24) is 9.55 Å². The first-order valence-electron chi connectivity index (χ1n) is 5.64. The van der Waals surface area contributed by atoms with Crippen molar-refractivity contribution in [1.29, 1.82) is 0 Å². The highest BCUT2D eigenvalue weighted by Gasteiger charge is 2.16. The van der Waals surface area contributed by atoms with Gasteiger partial charge in [-0.25, -0.2) is 4.98 Å². The summed E-state index contributed by atoms with van der Waals surface area (Å²) in [6.07, 6.45) is 3.55. The summed E-state index contributed by atoms with van der Waals surface area (Å²) in [6, 6.07) is 7.63. The predicted octanol–water partition coefficient (Wildman–Crippen LogP) is 3.18. The van der Waals surface area contributed by atoms with Gasteiger partial charge in [0.05, 0.1) is 28.9 Å². The monoisotopic (exact) mass is 249 g/mol. The lowest BCUT2D eigenvalue weighted by molar-refractivity contribution is 0.497. The van der Waals surface area contributed by atoms with E-state index in [0.717, 1.165) is 11.4 Å². The summed E-state index contributed by atoms with van der Waals surface area (Å²) in [5.41, 5.74) is 8.06. The summed E-state index contributed by atoms with van der Waals surface area (Å²) < 4.78 is 1.95. The standard InChI is InChI=1S/C13H16ClN3/c1-9(2)13(15)12-7-16-8-17(12)11-6-4-3-5-10(11)14/h3-9,13H,15H2,1-2H3. The Morgan fingerprint density at radius 3 is 2.65 bits per heavy atom. The second-order valence-electron chi connectivity index (χ2n) is 4.41. The van der Waals surface area contributed by atoms with E-state index < -0.39 is 0 Å². The van der Waals surface area contributed by atoms with E-state index in [1.165, 1.54) is 0 Å². The van der Waals surface area contributed by atoms with Crippen LogP contribution in [0.3, 0.4) is 0 Å². The molecule has 1 atom stereocenters. The third-order valence-electron chi connectivity index (χ3n) is 2.84. The largest absolute Gasteiger partial charge is 0.322 e. The SMILES string of the molecule is CC(C)C(N)c1cncn1-c1ccccc1Cl. The molecule has 0 bridgehead atoms. The Bertz CT molecular complexity index is 505. The van der Waals surface area contributed by atoms with Gasteiger partial charge in [-0.1, -0.05) is 37.6 Å². The van der Waals surface area contributed by atoms with Crippen molar-refractivity contribution in [3.05, 3.63) is 47.5 Å². The second-order valence-corrected chi connectivity index (χ2v) is 4.82. The van der Waals surface area contributed by atoms with Gasteiger partial charge >= 0.3 is 0 Å². The van der Waals surface area contributed by atoms with E-state index in [0.29, 0.717) is 10.9 Å². The number of benzene rings is 1. The molecule has 2 aromatic rings. The van der Waals surface area contributed by atoms with Crippen LogP contribution in [0.5, 0.6) is 0 Å². The van der Waals surface area contributed by atoms with Gasteiger partial charge in [-0.15, -0.1) is 0 Å². The lowest BCUT2D eigenvalue weighted by atomic mass is 10.0. The number of nitrogens with zero attached hydrogens (tertiary/aromatic N) is 2. The molecule has 0 amide bonds. The Balaban J connectivity index is 2.48. The quantitative estimate of drug-likeness (QED) is 0.908. The molecule has 1 heterocycles. The molecule has 17 heavy (non-hydrogen) atoms. The third-order valence-corrected chi connectivity index (χ3v) is 3.16. The van der Waals surface area contributed by atoms with E-state index >= 15 is 0 Å². The van der Waals surface area contributed by atoms with Crippen LogP contribution in [0.2, 0.25) is 5.02 Å². The van der Waals surface area contributed by atoms with E-state index in [4.69, 9.17) is 17.3 Å². The smallest absolute Gasteiger partial charge is 0.0995 e. The highest BCUT2D eigenvalue weighted by Crippen LogP contribution is 2.25. The second kappa shape index (κ2) is 4.90. The van der Waals surface area contributed by atoms with Crippen molar-refractivity contribution in [3.8, 4) is 5.69 Å². The zero-order valence-corrected chi connectivity index (χ0v) is 10.7. The first kappa shape index (κ1) is 12.1. The number of nitrogens with two attached hydrogens (primary N) is 1. The summed E-state index contributed by atoms with van der Waals surface area (Å²) >= 11 is 6.18. The maximum Gasteiger partial charge on any atom is 0.0995 e. The van der Waals surface area contributed by atoms with E-state index in [2.05, 4.69) is 18.8 Å². The Morgan fingerprint density at radius 2 is 2.00 bits per heavy atom. The molecule has 1 aromatic heterocycles. The first-order valence-corrected chi connectivity index (χ1v) is 6.01. The van der Waals surface area contributed by atoms with Gasteiger partial charge in [0, 0.05) is 6.04 Å². The van der Waals surface area contributed by atoms with Crippen LogP contribution in [0.1, 0.15) is 25.6 Å². The topological polar surface area (TPSA) is 43.8 Å². The fourth-order valence-electron chi connectivity index (χ4n) is 1.74. The number of imidazole rings is 1. The molecule has 0 aliphatic carbocycles. The molecule has 90 valence electrons. The van der Waals surface area contributed by atoms with Gasteiger partial charge < -0.3 is 10.3 Å². The molecule has 0 saturated heterocycles. The van der Waals surface area contributed by atoms with Gasteiger partial charge in [-0.3, -0.25) is 0 Å². The Kier molecular flexibility index (Phi) is 3.50. The molecule has 4 heteroatoms. The number of halogens is 1. The fourth-order valence-corrected chi connectivity index (χ4v) is 1.97. The van der Waals surface area contributed by atoms with Gasteiger partial charge in [-0.05, 0) is 18.1 Å². The average molecular weight is 250 g/mol. The maximum absolute atomic E-state index is 6.18. The molecule has 0 spiro atoms. The lowest BCUT2D eigenvalue weighted by Gasteiger charge is -2.18. The van der Waals surface area contributed by atoms with Crippen LogP contribution in [0.4, 0.5) is 0 Å². The van der Waals surface area contributed by atoms with Gasteiger partial charge in [-0.2, -0.15) is 0 Å². The molecule has 0 aliphatic heterocycles. The summed E-state index contributed by atoms with van der Waals surface area (Å²) in [7, 11) is 0. The van der Waals surface area contributed by atoms with Crippen molar-refractivity contribution >= 4 is 11.6 Å².